The Hall–Kier alpha value is -7.94. The first-order chi connectivity index (χ1) is 29.8. The highest BCUT2D eigenvalue weighted by Crippen LogP contribution is 2.46. The van der Waals surface area contributed by atoms with Crippen molar-refractivity contribution in [3.8, 4) is 55.6 Å². The summed E-state index contributed by atoms with van der Waals surface area (Å²) in [7, 11) is 0. The quantitative estimate of drug-likeness (QED) is 0.163. The van der Waals surface area contributed by atoms with Crippen molar-refractivity contribution < 1.29 is 0 Å². The van der Waals surface area contributed by atoms with E-state index in [0.717, 1.165) is 32.9 Å². The molecule has 0 spiro atoms. The highest BCUT2D eigenvalue weighted by Gasteiger charge is 2.19. The Morgan fingerprint density at radius 2 is 0.467 bits per heavy atom. The highest BCUT2D eigenvalue weighted by atomic mass is 14.7. The van der Waals surface area contributed by atoms with Gasteiger partial charge in [0.15, 0.2) is 0 Å². The largest absolute Gasteiger partial charge is 0.256 e. The maximum absolute atomic E-state index is 4.86. The Kier molecular flexibility index (Phi) is 7.89. The van der Waals surface area contributed by atoms with E-state index >= 15 is 0 Å². The Bertz CT molecular complexity index is 3280. The van der Waals surface area contributed by atoms with Crippen LogP contribution in [0.5, 0.6) is 0 Å². The van der Waals surface area contributed by atoms with Crippen molar-refractivity contribution in [3.05, 3.63) is 219 Å². The van der Waals surface area contributed by atoms with Crippen LogP contribution in [0.25, 0.3) is 121 Å². The third kappa shape index (κ3) is 5.50. The zero-order chi connectivity index (χ0) is 39.6. The van der Waals surface area contributed by atoms with Gasteiger partial charge in [0, 0.05) is 34.3 Å². The average molecular weight is 761 g/mol. The maximum atomic E-state index is 4.86. The first kappa shape index (κ1) is 34.1. The van der Waals surface area contributed by atoms with E-state index in [2.05, 4.69) is 194 Å². The Morgan fingerprint density at radius 1 is 0.217 bits per heavy atom. The van der Waals surface area contributed by atoms with E-state index in [0.29, 0.717) is 0 Å². The standard InChI is InChI=1S/C58H36N2/c1-11-23-53-41(13-1)33-43(35-59-53)57-49-19-7-3-15-45(49)55(46-16-4-8-20-50(46)57)39-29-25-37(26-30-39)38-27-31-40(32-28-38)56-47-17-5-9-21-51(47)58(52-22-10-6-18-48(52)56)44-34-42-14-2-12-24-54(42)60-36-44/h1-36H. The van der Waals surface area contributed by atoms with Crippen molar-refractivity contribution >= 4 is 64.9 Å². The van der Waals surface area contributed by atoms with Crippen molar-refractivity contribution in [1.29, 1.82) is 0 Å². The topological polar surface area (TPSA) is 25.8 Å². The zero-order valence-electron chi connectivity index (χ0n) is 32.7. The van der Waals surface area contributed by atoms with Gasteiger partial charge in [0.2, 0.25) is 0 Å². The van der Waals surface area contributed by atoms with E-state index < -0.39 is 0 Å². The molecule has 2 nitrogen and oxygen atoms in total. The second kappa shape index (κ2) is 13.9. The molecular weight excluding hydrogens is 725 g/mol. The molecule has 0 atom stereocenters. The number of fused-ring (bicyclic) bond motifs is 6. The van der Waals surface area contributed by atoms with Crippen molar-refractivity contribution in [3.63, 3.8) is 0 Å². The minimum absolute atomic E-state index is 1.01. The summed E-state index contributed by atoms with van der Waals surface area (Å²) in [5.41, 5.74) is 14.0. The van der Waals surface area contributed by atoms with Crippen molar-refractivity contribution in [1.82, 2.24) is 9.97 Å². The van der Waals surface area contributed by atoms with Gasteiger partial charge < -0.3 is 0 Å². The molecule has 0 unspecified atom stereocenters. The number of hydrogen-bond donors (Lipinski definition) is 0. The summed E-state index contributed by atoms with van der Waals surface area (Å²) in [4.78, 5) is 9.72. The molecule has 0 bridgehead atoms. The van der Waals surface area contributed by atoms with Gasteiger partial charge in [-0.2, -0.15) is 0 Å². The first-order valence-corrected chi connectivity index (χ1v) is 20.6. The molecule has 12 aromatic rings. The fourth-order valence-electron chi connectivity index (χ4n) is 9.58. The summed E-state index contributed by atoms with van der Waals surface area (Å²) in [5.74, 6) is 0. The van der Waals surface area contributed by atoms with Gasteiger partial charge in [-0.3, -0.25) is 9.97 Å². The smallest absolute Gasteiger partial charge is 0.0702 e. The number of hydrogen-bond acceptors (Lipinski definition) is 2. The second-order valence-electron chi connectivity index (χ2n) is 15.7. The molecule has 10 aromatic carbocycles. The lowest BCUT2D eigenvalue weighted by Gasteiger charge is -2.18. The molecule has 2 heterocycles. The van der Waals surface area contributed by atoms with Gasteiger partial charge in [-0.05, 0) is 112 Å². The molecule has 2 heteroatoms. The molecule has 0 saturated carbocycles. The summed E-state index contributed by atoms with van der Waals surface area (Å²) >= 11 is 0. The minimum Gasteiger partial charge on any atom is -0.256 e. The van der Waals surface area contributed by atoms with Crippen LogP contribution in [-0.2, 0) is 0 Å². The molecule has 0 amide bonds. The molecule has 0 radical (unpaired) electrons. The Morgan fingerprint density at radius 3 is 0.783 bits per heavy atom. The predicted octanol–water partition coefficient (Wildman–Crippen LogP) is 15.7. The van der Waals surface area contributed by atoms with Crippen LogP contribution in [0.1, 0.15) is 0 Å². The fourth-order valence-corrected chi connectivity index (χ4v) is 9.58. The van der Waals surface area contributed by atoms with Gasteiger partial charge in [0.1, 0.15) is 0 Å². The lowest BCUT2D eigenvalue weighted by atomic mass is 9.85. The van der Waals surface area contributed by atoms with Crippen molar-refractivity contribution in [2.45, 2.75) is 0 Å². The predicted molar refractivity (Wildman–Crippen MR) is 254 cm³/mol. The molecule has 0 aliphatic rings. The van der Waals surface area contributed by atoms with Crippen molar-refractivity contribution in [2.24, 2.45) is 0 Å². The number of nitrogens with zero attached hydrogens (tertiary/aromatic N) is 2. The van der Waals surface area contributed by atoms with Gasteiger partial charge in [0.05, 0.1) is 11.0 Å². The van der Waals surface area contributed by atoms with Gasteiger partial charge in [-0.1, -0.05) is 182 Å². The molecule has 0 aliphatic heterocycles. The van der Waals surface area contributed by atoms with E-state index in [-0.39, 0.29) is 0 Å². The fraction of sp³-hybridized carbons (Fsp3) is 0. The van der Waals surface area contributed by atoms with Gasteiger partial charge in [0.25, 0.3) is 0 Å². The van der Waals surface area contributed by atoms with Gasteiger partial charge >= 0.3 is 0 Å². The lowest BCUT2D eigenvalue weighted by molar-refractivity contribution is 1.41. The molecule has 0 saturated heterocycles. The van der Waals surface area contributed by atoms with Gasteiger partial charge in [-0.15, -0.1) is 0 Å². The van der Waals surface area contributed by atoms with Crippen LogP contribution in [0, 0.1) is 0 Å². The average Bonchev–Trinajstić information content (AvgIpc) is 3.32. The molecule has 278 valence electrons. The summed E-state index contributed by atoms with van der Waals surface area (Å²) < 4.78 is 0. The third-order valence-electron chi connectivity index (χ3n) is 12.3. The molecule has 0 fully saturated rings. The van der Waals surface area contributed by atoms with Crippen LogP contribution in [0.15, 0.2) is 219 Å². The number of pyridine rings is 2. The Labute approximate surface area is 347 Å². The number of rotatable bonds is 5. The number of aromatic nitrogens is 2. The molecule has 60 heavy (non-hydrogen) atoms. The normalized spacial score (nSPS) is 11.7. The zero-order valence-corrected chi connectivity index (χ0v) is 32.7. The minimum atomic E-state index is 1.01. The maximum Gasteiger partial charge on any atom is 0.0702 e. The molecular formula is C58H36N2. The number of benzene rings is 10. The van der Waals surface area contributed by atoms with E-state index in [9.17, 15) is 0 Å². The molecule has 0 N–H and O–H groups in total. The second-order valence-corrected chi connectivity index (χ2v) is 15.7. The van der Waals surface area contributed by atoms with Crippen LogP contribution in [-0.4, -0.2) is 9.97 Å². The molecule has 2 aromatic heterocycles. The van der Waals surface area contributed by atoms with Crippen LogP contribution in [0.4, 0.5) is 0 Å². The number of para-hydroxylation sites is 2. The van der Waals surface area contributed by atoms with Crippen LogP contribution in [0.3, 0.4) is 0 Å². The van der Waals surface area contributed by atoms with E-state index in [4.69, 9.17) is 9.97 Å². The van der Waals surface area contributed by atoms with Crippen molar-refractivity contribution in [2.75, 3.05) is 0 Å². The Balaban J connectivity index is 0.946. The summed E-state index contributed by atoms with van der Waals surface area (Å²) in [6, 6.07) is 74.8. The van der Waals surface area contributed by atoms with Crippen LogP contribution in [0.2, 0.25) is 0 Å². The monoisotopic (exact) mass is 760 g/mol. The molecule has 0 aliphatic carbocycles. The third-order valence-corrected chi connectivity index (χ3v) is 12.3. The first-order valence-electron chi connectivity index (χ1n) is 20.6. The van der Waals surface area contributed by atoms with E-state index in [1.54, 1.807) is 0 Å². The van der Waals surface area contributed by atoms with E-state index in [1.165, 1.54) is 87.6 Å². The summed E-state index contributed by atoms with van der Waals surface area (Å²) in [6.07, 6.45) is 4.06. The highest BCUT2D eigenvalue weighted by molar-refractivity contribution is 6.23. The van der Waals surface area contributed by atoms with Crippen LogP contribution >= 0.6 is 0 Å². The summed E-state index contributed by atoms with van der Waals surface area (Å²) in [6.45, 7) is 0. The summed E-state index contributed by atoms with van der Waals surface area (Å²) in [5, 5.41) is 12.1. The SMILES string of the molecule is c1ccc2ncc(-c3c4ccccc4c(-c4ccc(-c5ccc(-c6c7ccccc7c(-c7cnc8ccccc8c7)c7ccccc67)cc5)cc4)c4ccccc34)cc2c1. The van der Waals surface area contributed by atoms with E-state index in [1.807, 2.05) is 24.5 Å². The lowest BCUT2D eigenvalue weighted by Crippen LogP contribution is -1.92. The van der Waals surface area contributed by atoms with Gasteiger partial charge in [-0.25, -0.2) is 0 Å². The molecule has 12 rings (SSSR count). The van der Waals surface area contributed by atoms with Crippen LogP contribution < -0.4 is 0 Å².